The first-order valence-corrected chi connectivity index (χ1v) is 15.5. The number of rotatable bonds is 14. The van der Waals surface area contributed by atoms with Crippen LogP contribution in [-0.4, -0.2) is 10.1 Å². The van der Waals surface area contributed by atoms with E-state index in [0.717, 1.165) is 40.6 Å². The Morgan fingerprint density at radius 2 is 1.29 bits per heavy atom. The van der Waals surface area contributed by atoms with Gasteiger partial charge in [0.2, 0.25) is 5.89 Å². The molecule has 0 spiro atoms. The Labute approximate surface area is 245 Å². The minimum absolute atomic E-state index is 0.0149. The SMILES string of the molecule is CCCCCCc1cc(CCCCCC)cc(-c2c(-c3ccccc3)cccc2-c2nc3cc(CO)ccc3o2)c1. The number of aryl methyl sites for hydroxylation is 2. The van der Waals surface area contributed by atoms with E-state index in [0.29, 0.717) is 5.89 Å². The highest BCUT2D eigenvalue weighted by Gasteiger charge is 2.19. The smallest absolute Gasteiger partial charge is 0.227 e. The summed E-state index contributed by atoms with van der Waals surface area (Å²) in [5.41, 5.74) is 10.9. The molecule has 0 amide bonds. The third kappa shape index (κ3) is 7.15. The maximum Gasteiger partial charge on any atom is 0.227 e. The predicted octanol–water partition coefficient (Wildman–Crippen LogP) is 10.6. The van der Waals surface area contributed by atoms with Crippen LogP contribution in [0.3, 0.4) is 0 Å². The van der Waals surface area contributed by atoms with Gasteiger partial charge in [-0.15, -0.1) is 0 Å². The van der Waals surface area contributed by atoms with Gasteiger partial charge in [0.1, 0.15) is 5.52 Å². The number of hydrogen-bond acceptors (Lipinski definition) is 3. The minimum atomic E-state index is -0.0149. The number of aliphatic hydroxyl groups is 1. The first kappa shape index (κ1) is 28.8. The highest BCUT2D eigenvalue weighted by molar-refractivity contribution is 5.94. The number of hydrogen-bond donors (Lipinski definition) is 1. The number of aromatic nitrogens is 1. The van der Waals surface area contributed by atoms with Crippen molar-refractivity contribution in [3.8, 4) is 33.7 Å². The van der Waals surface area contributed by atoms with Gasteiger partial charge in [0.25, 0.3) is 0 Å². The lowest BCUT2D eigenvalue weighted by molar-refractivity contribution is 0.282. The molecule has 0 aliphatic carbocycles. The lowest BCUT2D eigenvalue weighted by Gasteiger charge is -2.17. The number of oxazole rings is 1. The Balaban J connectivity index is 1.65. The molecule has 41 heavy (non-hydrogen) atoms. The quantitative estimate of drug-likeness (QED) is 0.141. The second-order valence-electron chi connectivity index (χ2n) is 11.2. The molecule has 0 fully saturated rings. The number of nitrogens with zero attached hydrogens (tertiary/aromatic N) is 1. The van der Waals surface area contributed by atoms with Crippen LogP contribution in [0.2, 0.25) is 0 Å². The Kier molecular flexibility index (Phi) is 10.0. The third-order valence-electron chi connectivity index (χ3n) is 7.99. The van der Waals surface area contributed by atoms with Gasteiger partial charge in [0, 0.05) is 11.1 Å². The molecular weight excluding hydrogens is 502 g/mol. The molecule has 1 aromatic heterocycles. The van der Waals surface area contributed by atoms with Crippen molar-refractivity contribution in [2.75, 3.05) is 0 Å². The van der Waals surface area contributed by atoms with E-state index in [1.54, 1.807) is 0 Å². The van der Waals surface area contributed by atoms with Gasteiger partial charge in [0.15, 0.2) is 5.58 Å². The van der Waals surface area contributed by atoms with Crippen LogP contribution >= 0.6 is 0 Å². The van der Waals surface area contributed by atoms with E-state index in [1.807, 2.05) is 18.2 Å². The van der Waals surface area contributed by atoms with Gasteiger partial charge in [-0.3, -0.25) is 0 Å². The van der Waals surface area contributed by atoms with Crippen LogP contribution in [0, 0.1) is 0 Å². The Morgan fingerprint density at radius 3 is 1.95 bits per heavy atom. The minimum Gasteiger partial charge on any atom is -0.436 e. The number of benzene rings is 4. The van der Waals surface area contributed by atoms with Gasteiger partial charge >= 0.3 is 0 Å². The van der Waals surface area contributed by atoms with E-state index in [2.05, 4.69) is 80.6 Å². The summed E-state index contributed by atoms with van der Waals surface area (Å²) in [7, 11) is 0. The first-order valence-electron chi connectivity index (χ1n) is 15.5. The number of fused-ring (bicyclic) bond motifs is 1. The molecular formula is C38H43NO2. The molecule has 0 aliphatic rings. The van der Waals surface area contributed by atoms with Crippen molar-refractivity contribution in [3.63, 3.8) is 0 Å². The molecule has 3 nitrogen and oxygen atoms in total. The standard InChI is InChI=1S/C38H43NO2/c1-3-5-7-10-15-28-23-29(16-11-8-6-4-2)25-32(24-28)37-33(31-17-12-9-13-18-31)19-14-20-34(37)38-39-35-26-30(27-40)21-22-36(35)41-38/h9,12-14,17-26,40H,3-8,10-11,15-16,27H2,1-2H3. The molecule has 0 saturated carbocycles. The monoisotopic (exact) mass is 545 g/mol. The van der Waals surface area contributed by atoms with E-state index in [9.17, 15) is 5.11 Å². The van der Waals surface area contributed by atoms with Crippen LogP contribution in [-0.2, 0) is 19.4 Å². The van der Waals surface area contributed by atoms with E-state index < -0.39 is 0 Å². The maximum atomic E-state index is 9.65. The lowest BCUT2D eigenvalue weighted by atomic mass is 9.87. The second kappa shape index (κ2) is 14.3. The summed E-state index contributed by atoms with van der Waals surface area (Å²) in [6, 6.07) is 30.1. The van der Waals surface area contributed by atoms with Gasteiger partial charge in [-0.2, -0.15) is 0 Å². The molecule has 5 aromatic rings. The highest BCUT2D eigenvalue weighted by atomic mass is 16.3. The third-order valence-corrected chi connectivity index (χ3v) is 7.99. The van der Waals surface area contributed by atoms with Crippen molar-refractivity contribution in [1.29, 1.82) is 0 Å². The van der Waals surface area contributed by atoms with Crippen LogP contribution < -0.4 is 0 Å². The molecule has 0 saturated heterocycles. The fourth-order valence-electron chi connectivity index (χ4n) is 5.79. The van der Waals surface area contributed by atoms with Crippen molar-refractivity contribution in [2.45, 2.75) is 84.7 Å². The maximum absolute atomic E-state index is 9.65. The van der Waals surface area contributed by atoms with Gasteiger partial charge in [0.05, 0.1) is 6.61 Å². The Morgan fingerprint density at radius 1 is 0.610 bits per heavy atom. The van der Waals surface area contributed by atoms with Crippen LogP contribution in [0.1, 0.15) is 81.9 Å². The van der Waals surface area contributed by atoms with Crippen LogP contribution in [0.5, 0.6) is 0 Å². The van der Waals surface area contributed by atoms with Crippen molar-refractivity contribution in [1.82, 2.24) is 4.98 Å². The summed E-state index contributed by atoms with van der Waals surface area (Å²) in [6.45, 7) is 4.53. The van der Waals surface area contributed by atoms with Crippen molar-refractivity contribution < 1.29 is 9.52 Å². The normalized spacial score (nSPS) is 11.4. The highest BCUT2D eigenvalue weighted by Crippen LogP contribution is 2.41. The molecule has 212 valence electrons. The van der Waals surface area contributed by atoms with E-state index in [4.69, 9.17) is 9.40 Å². The number of unbranched alkanes of at least 4 members (excludes halogenated alkanes) is 6. The van der Waals surface area contributed by atoms with E-state index in [-0.39, 0.29) is 6.61 Å². The second-order valence-corrected chi connectivity index (χ2v) is 11.2. The molecule has 4 aromatic carbocycles. The van der Waals surface area contributed by atoms with Gasteiger partial charge < -0.3 is 9.52 Å². The van der Waals surface area contributed by atoms with Crippen molar-refractivity contribution in [2.24, 2.45) is 0 Å². The summed E-state index contributed by atoms with van der Waals surface area (Å²) in [4.78, 5) is 4.92. The molecule has 0 aliphatic heterocycles. The molecule has 0 bridgehead atoms. The van der Waals surface area contributed by atoms with E-state index in [1.165, 1.54) is 79.2 Å². The zero-order chi connectivity index (χ0) is 28.4. The first-order chi connectivity index (χ1) is 20.2. The van der Waals surface area contributed by atoms with Crippen molar-refractivity contribution >= 4 is 11.1 Å². The zero-order valence-electron chi connectivity index (χ0n) is 24.7. The Hall–Kier alpha value is -3.69. The molecule has 3 heteroatoms. The molecule has 1 heterocycles. The fourth-order valence-corrected chi connectivity index (χ4v) is 5.79. The summed E-state index contributed by atoms with van der Waals surface area (Å²) < 4.78 is 6.36. The van der Waals surface area contributed by atoms with Crippen LogP contribution in [0.4, 0.5) is 0 Å². The lowest BCUT2D eigenvalue weighted by Crippen LogP contribution is -1.96. The summed E-state index contributed by atoms with van der Waals surface area (Å²) in [5, 5.41) is 9.65. The van der Waals surface area contributed by atoms with Crippen molar-refractivity contribution in [3.05, 3.63) is 102 Å². The molecule has 0 unspecified atom stereocenters. The van der Waals surface area contributed by atoms with Crippen LogP contribution in [0.25, 0.3) is 44.8 Å². The van der Waals surface area contributed by atoms with Crippen LogP contribution in [0.15, 0.2) is 89.3 Å². The zero-order valence-corrected chi connectivity index (χ0v) is 24.7. The predicted molar refractivity (Wildman–Crippen MR) is 172 cm³/mol. The average Bonchev–Trinajstić information content (AvgIpc) is 3.45. The average molecular weight is 546 g/mol. The molecule has 1 N–H and O–H groups in total. The molecule has 0 atom stereocenters. The summed E-state index contributed by atoms with van der Waals surface area (Å²) in [6.07, 6.45) is 12.3. The topological polar surface area (TPSA) is 46.3 Å². The van der Waals surface area contributed by atoms with Gasteiger partial charge in [-0.05, 0) is 77.3 Å². The molecule has 5 rings (SSSR count). The van der Waals surface area contributed by atoms with E-state index >= 15 is 0 Å². The van der Waals surface area contributed by atoms with Gasteiger partial charge in [-0.25, -0.2) is 4.98 Å². The largest absolute Gasteiger partial charge is 0.436 e. The number of aliphatic hydroxyl groups excluding tert-OH is 1. The Bertz CT molecular complexity index is 1520. The summed E-state index contributed by atoms with van der Waals surface area (Å²) in [5.74, 6) is 0.612. The fraction of sp³-hybridized carbons (Fsp3) is 0.342. The molecule has 0 radical (unpaired) electrons. The summed E-state index contributed by atoms with van der Waals surface area (Å²) >= 11 is 0. The van der Waals surface area contributed by atoms with Gasteiger partial charge in [-0.1, -0.05) is 119 Å².